The van der Waals surface area contributed by atoms with Gasteiger partial charge in [-0.25, -0.2) is 8.78 Å². The summed E-state index contributed by atoms with van der Waals surface area (Å²) in [4.78, 5) is 39.2. The second-order valence-electron chi connectivity index (χ2n) is 7.83. The lowest BCUT2D eigenvalue weighted by atomic mass is 10.0. The van der Waals surface area contributed by atoms with Crippen LogP contribution in [0.4, 0.5) is 8.78 Å². The van der Waals surface area contributed by atoms with Crippen molar-refractivity contribution in [3.63, 3.8) is 0 Å². The number of carbonyl (C=O) groups excluding carboxylic acids is 3. The average molecular weight is 443 g/mol. The fourth-order valence-electron chi connectivity index (χ4n) is 3.69. The van der Waals surface area contributed by atoms with Crippen LogP contribution in [-0.2, 0) is 16.0 Å². The van der Waals surface area contributed by atoms with Gasteiger partial charge in [0.25, 0.3) is 5.91 Å². The van der Waals surface area contributed by atoms with Gasteiger partial charge < -0.3 is 15.5 Å². The standard InChI is InChI=1S/C24H27F2N3O3/c25-18-10-11-19(20(26)16-18)23(31)27-12-6-9-22(30)28-21(15-17-7-2-1-3-8-17)24(32)29-13-4-5-14-29/h1-3,7-8,10-11,16,21H,4-6,9,12-15H2,(H,27,31)(H,28,30). The molecule has 0 aromatic heterocycles. The molecule has 1 aliphatic rings. The number of rotatable bonds is 9. The van der Waals surface area contributed by atoms with Crippen molar-refractivity contribution in [1.29, 1.82) is 0 Å². The van der Waals surface area contributed by atoms with Gasteiger partial charge in [0.1, 0.15) is 17.7 Å². The smallest absolute Gasteiger partial charge is 0.254 e. The summed E-state index contributed by atoms with van der Waals surface area (Å²) in [6.45, 7) is 1.55. The summed E-state index contributed by atoms with van der Waals surface area (Å²) in [7, 11) is 0. The lowest BCUT2D eigenvalue weighted by molar-refractivity contribution is -0.135. The van der Waals surface area contributed by atoms with E-state index in [0.717, 1.165) is 30.5 Å². The number of benzene rings is 2. The Bertz CT molecular complexity index is 947. The van der Waals surface area contributed by atoms with E-state index < -0.39 is 23.6 Å². The Morgan fingerprint density at radius 1 is 1.00 bits per heavy atom. The number of carbonyl (C=O) groups is 3. The fraction of sp³-hybridized carbons (Fsp3) is 0.375. The Morgan fingerprint density at radius 3 is 2.41 bits per heavy atom. The third-order valence-corrected chi connectivity index (χ3v) is 5.38. The summed E-state index contributed by atoms with van der Waals surface area (Å²) in [6, 6.07) is 11.6. The van der Waals surface area contributed by atoms with Crippen LogP contribution < -0.4 is 10.6 Å². The van der Waals surface area contributed by atoms with E-state index in [2.05, 4.69) is 10.6 Å². The first kappa shape index (κ1) is 23.4. The van der Waals surface area contributed by atoms with E-state index in [0.29, 0.717) is 32.0 Å². The third kappa shape index (κ3) is 6.60. The van der Waals surface area contributed by atoms with Crippen molar-refractivity contribution in [3.05, 3.63) is 71.3 Å². The van der Waals surface area contributed by atoms with Gasteiger partial charge in [0.15, 0.2) is 0 Å². The maximum atomic E-state index is 13.7. The summed E-state index contributed by atoms with van der Waals surface area (Å²) in [5.74, 6) is -2.75. The molecule has 170 valence electrons. The SMILES string of the molecule is O=C(CCCNC(=O)c1ccc(F)cc1F)NC(Cc1ccccc1)C(=O)N1CCCC1. The molecule has 6 nitrogen and oxygen atoms in total. The molecular weight excluding hydrogens is 416 g/mol. The molecule has 2 aromatic rings. The number of hydrogen-bond acceptors (Lipinski definition) is 3. The van der Waals surface area contributed by atoms with Crippen LogP contribution in [0.5, 0.6) is 0 Å². The van der Waals surface area contributed by atoms with Crippen molar-refractivity contribution in [3.8, 4) is 0 Å². The molecule has 1 unspecified atom stereocenters. The van der Waals surface area contributed by atoms with Gasteiger partial charge in [-0.3, -0.25) is 14.4 Å². The highest BCUT2D eigenvalue weighted by molar-refractivity contribution is 5.94. The molecule has 2 N–H and O–H groups in total. The molecule has 2 aromatic carbocycles. The summed E-state index contributed by atoms with van der Waals surface area (Å²) in [5.41, 5.74) is 0.703. The largest absolute Gasteiger partial charge is 0.352 e. The Kier molecular flexibility index (Phi) is 8.30. The van der Waals surface area contributed by atoms with Gasteiger partial charge in [0, 0.05) is 38.5 Å². The quantitative estimate of drug-likeness (QED) is 0.585. The minimum atomic E-state index is -0.940. The van der Waals surface area contributed by atoms with Gasteiger partial charge in [0.2, 0.25) is 11.8 Å². The van der Waals surface area contributed by atoms with E-state index in [1.165, 1.54) is 0 Å². The zero-order valence-corrected chi connectivity index (χ0v) is 17.8. The monoisotopic (exact) mass is 443 g/mol. The van der Waals surface area contributed by atoms with Crippen LogP contribution in [0.15, 0.2) is 48.5 Å². The van der Waals surface area contributed by atoms with Crippen LogP contribution >= 0.6 is 0 Å². The molecule has 3 amide bonds. The molecule has 1 aliphatic heterocycles. The van der Waals surface area contributed by atoms with Crippen LogP contribution in [0.3, 0.4) is 0 Å². The molecule has 1 fully saturated rings. The van der Waals surface area contributed by atoms with Gasteiger partial charge in [0.05, 0.1) is 5.56 Å². The van der Waals surface area contributed by atoms with Crippen LogP contribution in [0.1, 0.15) is 41.6 Å². The Labute approximate surface area is 186 Å². The topological polar surface area (TPSA) is 78.5 Å². The highest BCUT2D eigenvalue weighted by Gasteiger charge is 2.27. The van der Waals surface area contributed by atoms with E-state index in [-0.39, 0.29) is 30.3 Å². The van der Waals surface area contributed by atoms with Crippen LogP contribution in [-0.4, -0.2) is 48.3 Å². The van der Waals surface area contributed by atoms with E-state index >= 15 is 0 Å². The van der Waals surface area contributed by atoms with E-state index in [1.54, 1.807) is 4.90 Å². The number of nitrogens with zero attached hydrogens (tertiary/aromatic N) is 1. The van der Waals surface area contributed by atoms with Crippen molar-refractivity contribution >= 4 is 17.7 Å². The van der Waals surface area contributed by atoms with Crippen molar-refractivity contribution in [1.82, 2.24) is 15.5 Å². The van der Waals surface area contributed by atoms with Crippen molar-refractivity contribution in [2.75, 3.05) is 19.6 Å². The second kappa shape index (κ2) is 11.4. The normalized spacial score (nSPS) is 14.1. The molecule has 0 aliphatic carbocycles. The second-order valence-corrected chi connectivity index (χ2v) is 7.83. The van der Waals surface area contributed by atoms with Gasteiger partial charge in [-0.2, -0.15) is 0 Å². The molecular formula is C24H27F2N3O3. The fourth-order valence-corrected chi connectivity index (χ4v) is 3.69. The molecule has 8 heteroatoms. The van der Waals surface area contributed by atoms with E-state index in [9.17, 15) is 23.2 Å². The van der Waals surface area contributed by atoms with Crippen LogP contribution in [0.2, 0.25) is 0 Å². The first-order valence-electron chi connectivity index (χ1n) is 10.8. The van der Waals surface area contributed by atoms with Gasteiger partial charge in [-0.1, -0.05) is 30.3 Å². The molecule has 0 radical (unpaired) electrons. The predicted octanol–water partition coefficient (Wildman–Crippen LogP) is 2.82. The minimum absolute atomic E-state index is 0.0835. The van der Waals surface area contributed by atoms with Gasteiger partial charge >= 0.3 is 0 Å². The first-order valence-corrected chi connectivity index (χ1v) is 10.8. The maximum absolute atomic E-state index is 13.7. The third-order valence-electron chi connectivity index (χ3n) is 5.38. The van der Waals surface area contributed by atoms with Gasteiger partial charge in [-0.15, -0.1) is 0 Å². The number of hydrogen-bond donors (Lipinski definition) is 2. The lowest BCUT2D eigenvalue weighted by Gasteiger charge is -2.24. The van der Waals surface area contributed by atoms with Gasteiger partial charge in [-0.05, 0) is 37.0 Å². The van der Waals surface area contributed by atoms with Crippen molar-refractivity contribution < 1.29 is 23.2 Å². The van der Waals surface area contributed by atoms with Crippen LogP contribution in [0.25, 0.3) is 0 Å². The molecule has 0 spiro atoms. The Hall–Kier alpha value is -3.29. The molecule has 0 saturated carbocycles. The molecule has 32 heavy (non-hydrogen) atoms. The molecule has 1 heterocycles. The molecule has 1 atom stereocenters. The number of halogens is 2. The van der Waals surface area contributed by atoms with Crippen LogP contribution in [0, 0.1) is 11.6 Å². The number of likely N-dealkylation sites (tertiary alicyclic amines) is 1. The average Bonchev–Trinajstić information content (AvgIpc) is 3.31. The Morgan fingerprint density at radius 2 is 1.72 bits per heavy atom. The zero-order valence-electron chi connectivity index (χ0n) is 17.8. The summed E-state index contributed by atoms with van der Waals surface area (Å²) < 4.78 is 26.6. The minimum Gasteiger partial charge on any atom is -0.352 e. The number of amides is 3. The van der Waals surface area contributed by atoms with E-state index in [4.69, 9.17) is 0 Å². The number of nitrogens with one attached hydrogen (secondary N) is 2. The molecule has 0 bridgehead atoms. The predicted molar refractivity (Wildman–Crippen MR) is 116 cm³/mol. The molecule has 3 rings (SSSR count). The first-order chi connectivity index (χ1) is 15.4. The van der Waals surface area contributed by atoms with Crippen molar-refractivity contribution in [2.45, 2.75) is 38.1 Å². The summed E-state index contributed by atoms with van der Waals surface area (Å²) in [5, 5.41) is 5.35. The maximum Gasteiger partial charge on any atom is 0.254 e. The highest BCUT2D eigenvalue weighted by Crippen LogP contribution is 2.13. The highest BCUT2D eigenvalue weighted by atomic mass is 19.1. The zero-order chi connectivity index (χ0) is 22.9. The Balaban J connectivity index is 1.49. The molecule has 1 saturated heterocycles. The van der Waals surface area contributed by atoms with E-state index in [1.807, 2.05) is 30.3 Å². The lowest BCUT2D eigenvalue weighted by Crippen LogP contribution is -2.49. The summed E-state index contributed by atoms with van der Waals surface area (Å²) in [6.07, 6.45) is 2.75. The summed E-state index contributed by atoms with van der Waals surface area (Å²) >= 11 is 0. The van der Waals surface area contributed by atoms with Crippen molar-refractivity contribution in [2.24, 2.45) is 0 Å².